The summed E-state index contributed by atoms with van der Waals surface area (Å²) >= 11 is 11.5. The molecule has 2 rings (SSSR count). The first-order valence-electron chi connectivity index (χ1n) is 5.86. The second-order valence-corrected chi connectivity index (χ2v) is 4.78. The van der Waals surface area contributed by atoms with Crippen LogP contribution < -0.4 is 4.90 Å². The number of carbonyl (C=O) groups excluding carboxylic acids is 1. The lowest BCUT2D eigenvalue weighted by molar-refractivity contribution is -0.116. The zero-order chi connectivity index (χ0) is 13.7. The molecule has 0 aliphatic heterocycles. The number of rotatable bonds is 4. The summed E-state index contributed by atoms with van der Waals surface area (Å²) in [6.07, 6.45) is 0. The number of anilines is 1. The Morgan fingerprint density at radius 3 is 2.21 bits per heavy atom. The van der Waals surface area contributed by atoms with Crippen molar-refractivity contribution in [1.29, 1.82) is 0 Å². The minimum absolute atomic E-state index is 0.0392. The number of para-hydroxylation sites is 1. The van der Waals surface area contributed by atoms with Crippen molar-refractivity contribution in [2.24, 2.45) is 0 Å². The van der Waals surface area contributed by atoms with Crippen molar-refractivity contribution in [1.82, 2.24) is 0 Å². The number of nitrogens with zero attached hydrogens (tertiary/aromatic N) is 1. The molecule has 19 heavy (non-hydrogen) atoms. The minimum Gasteiger partial charge on any atom is -0.307 e. The Morgan fingerprint density at radius 2 is 1.63 bits per heavy atom. The van der Waals surface area contributed by atoms with E-state index < -0.39 is 0 Å². The number of benzene rings is 2. The minimum atomic E-state index is -0.122. The average Bonchev–Trinajstić information content (AvgIpc) is 2.47. The van der Waals surface area contributed by atoms with Gasteiger partial charge in [0.25, 0.3) is 0 Å². The maximum atomic E-state index is 12.0. The zero-order valence-corrected chi connectivity index (χ0v) is 11.7. The molecule has 98 valence electrons. The number of carbonyl (C=O) groups is 1. The summed E-state index contributed by atoms with van der Waals surface area (Å²) in [6, 6.07) is 16.9. The van der Waals surface area contributed by atoms with E-state index in [1.54, 1.807) is 4.90 Å². The molecule has 1 amide bonds. The molecule has 0 saturated heterocycles. The van der Waals surface area contributed by atoms with Crippen LogP contribution in [0.15, 0.2) is 54.6 Å². The van der Waals surface area contributed by atoms with Crippen LogP contribution in [0.2, 0.25) is 5.02 Å². The van der Waals surface area contributed by atoms with Crippen LogP contribution in [0.3, 0.4) is 0 Å². The average molecular weight is 294 g/mol. The predicted molar refractivity (Wildman–Crippen MR) is 79.8 cm³/mol. The van der Waals surface area contributed by atoms with Crippen LogP contribution in [-0.4, -0.2) is 11.8 Å². The largest absolute Gasteiger partial charge is 0.307 e. The number of hydrogen-bond donors (Lipinski definition) is 0. The second kappa shape index (κ2) is 6.60. The third-order valence-corrected chi connectivity index (χ3v) is 3.22. The molecule has 2 aromatic carbocycles. The topological polar surface area (TPSA) is 20.3 Å². The van der Waals surface area contributed by atoms with E-state index in [0.717, 1.165) is 11.3 Å². The summed E-state index contributed by atoms with van der Waals surface area (Å²) in [5, 5.41) is 0.679. The van der Waals surface area contributed by atoms with Crippen molar-refractivity contribution in [3.05, 3.63) is 65.2 Å². The standard InChI is InChI=1S/C15H13Cl2NO/c16-10-15(19)18(14-4-2-1-3-5-14)11-12-6-8-13(17)9-7-12/h1-9H,10-11H2. The monoisotopic (exact) mass is 293 g/mol. The first-order chi connectivity index (χ1) is 9.20. The molecule has 0 unspecified atom stereocenters. The molecule has 0 spiro atoms. The molecule has 0 N–H and O–H groups in total. The number of hydrogen-bond acceptors (Lipinski definition) is 1. The van der Waals surface area contributed by atoms with Crippen LogP contribution in [0, 0.1) is 0 Å². The highest BCUT2D eigenvalue weighted by Crippen LogP contribution is 2.18. The lowest BCUT2D eigenvalue weighted by atomic mass is 10.2. The lowest BCUT2D eigenvalue weighted by Gasteiger charge is -2.22. The molecule has 0 radical (unpaired) electrons. The van der Waals surface area contributed by atoms with Crippen molar-refractivity contribution < 1.29 is 4.79 Å². The van der Waals surface area contributed by atoms with Gasteiger partial charge in [-0.15, -0.1) is 11.6 Å². The third-order valence-electron chi connectivity index (χ3n) is 2.74. The highest BCUT2D eigenvalue weighted by molar-refractivity contribution is 6.30. The molecule has 4 heteroatoms. The van der Waals surface area contributed by atoms with Gasteiger partial charge in [-0.1, -0.05) is 41.9 Å². The van der Waals surface area contributed by atoms with Crippen LogP contribution in [0.5, 0.6) is 0 Å². The molecule has 0 bridgehead atoms. The summed E-state index contributed by atoms with van der Waals surface area (Å²) < 4.78 is 0. The lowest BCUT2D eigenvalue weighted by Crippen LogP contribution is -2.31. The van der Waals surface area contributed by atoms with Crippen LogP contribution >= 0.6 is 23.2 Å². The number of alkyl halides is 1. The van der Waals surface area contributed by atoms with Crippen molar-refractivity contribution in [3.8, 4) is 0 Å². The van der Waals surface area contributed by atoms with Gasteiger partial charge >= 0.3 is 0 Å². The molecule has 2 nitrogen and oxygen atoms in total. The van der Waals surface area contributed by atoms with Crippen molar-refractivity contribution in [2.75, 3.05) is 10.8 Å². The Morgan fingerprint density at radius 1 is 1.00 bits per heavy atom. The van der Waals surface area contributed by atoms with Crippen LogP contribution in [0.4, 0.5) is 5.69 Å². The van der Waals surface area contributed by atoms with Gasteiger partial charge in [0, 0.05) is 10.7 Å². The summed E-state index contributed by atoms with van der Waals surface area (Å²) in [7, 11) is 0. The van der Waals surface area contributed by atoms with Gasteiger partial charge in [0.1, 0.15) is 5.88 Å². The predicted octanol–water partition coefficient (Wildman–Crippen LogP) is 4.11. The Bertz CT molecular complexity index is 540. The Hall–Kier alpha value is -1.51. The van der Waals surface area contributed by atoms with Gasteiger partial charge in [-0.25, -0.2) is 0 Å². The fraction of sp³-hybridized carbons (Fsp3) is 0.133. The first-order valence-corrected chi connectivity index (χ1v) is 6.78. The Kier molecular flexibility index (Phi) is 4.83. The van der Waals surface area contributed by atoms with E-state index >= 15 is 0 Å². The second-order valence-electron chi connectivity index (χ2n) is 4.08. The molecule has 0 aliphatic rings. The first kappa shape index (κ1) is 13.9. The van der Waals surface area contributed by atoms with E-state index in [0.29, 0.717) is 11.6 Å². The van der Waals surface area contributed by atoms with E-state index in [2.05, 4.69) is 0 Å². The maximum absolute atomic E-state index is 12.0. The van der Waals surface area contributed by atoms with Crippen molar-refractivity contribution in [3.63, 3.8) is 0 Å². The van der Waals surface area contributed by atoms with E-state index in [4.69, 9.17) is 23.2 Å². The van der Waals surface area contributed by atoms with Gasteiger partial charge in [0.05, 0.1) is 6.54 Å². The normalized spacial score (nSPS) is 10.2. The molecule has 0 atom stereocenters. The molecular weight excluding hydrogens is 281 g/mol. The highest BCUT2D eigenvalue weighted by atomic mass is 35.5. The maximum Gasteiger partial charge on any atom is 0.242 e. The van der Waals surface area contributed by atoms with Crippen LogP contribution in [0.25, 0.3) is 0 Å². The molecule has 0 heterocycles. The van der Waals surface area contributed by atoms with E-state index in [1.165, 1.54) is 0 Å². The van der Waals surface area contributed by atoms with Gasteiger partial charge in [-0.05, 0) is 29.8 Å². The molecule has 0 fully saturated rings. The van der Waals surface area contributed by atoms with E-state index in [-0.39, 0.29) is 11.8 Å². The quantitative estimate of drug-likeness (QED) is 0.777. The van der Waals surface area contributed by atoms with Gasteiger partial charge in [-0.2, -0.15) is 0 Å². The van der Waals surface area contributed by atoms with Crippen LogP contribution in [-0.2, 0) is 11.3 Å². The zero-order valence-electron chi connectivity index (χ0n) is 10.2. The van der Waals surface area contributed by atoms with Gasteiger partial charge in [0.2, 0.25) is 5.91 Å². The molecular formula is C15H13Cl2NO. The van der Waals surface area contributed by atoms with Gasteiger partial charge < -0.3 is 4.90 Å². The highest BCUT2D eigenvalue weighted by Gasteiger charge is 2.14. The van der Waals surface area contributed by atoms with E-state index in [9.17, 15) is 4.79 Å². The fourth-order valence-corrected chi connectivity index (χ4v) is 2.05. The fourth-order valence-electron chi connectivity index (χ4n) is 1.78. The summed E-state index contributed by atoms with van der Waals surface area (Å²) in [6.45, 7) is 0.479. The van der Waals surface area contributed by atoms with Gasteiger partial charge in [0.15, 0.2) is 0 Å². The summed E-state index contributed by atoms with van der Waals surface area (Å²) in [5.74, 6) is -0.162. The Labute approximate surface area is 122 Å². The van der Waals surface area contributed by atoms with Crippen LogP contribution in [0.1, 0.15) is 5.56 Å². The molecule has 0 aromatic heterocycles. The van der Waals surface area contributed by atoms with Crippen molar-refractivity contribution in [2.45, 2.75) is 6.54 Å². The smallest absolute Gasteiger partial charge is 0.242 e. The van der Waals surface area contributed by atoms with E-state index in [1.807, 2.05) is 54.6 Å². The molecule has 2 aromatic rings. The summed E-state index contributed by atoms with van der Waals surface area (Å²) in [4.78, 5) is 13.6. The Balaban J connectivity index is 2.24. The molecule has 0 saturated carbocycles. The summed E-state index contributed by atoms with van der Waals surface area (Å²) in [5.41, 5.74) is 1.84. The molecule has 0 aliphatic carbocycles. The SMILES string of the molecule is O=C(CCl)N(Cc1ccc(Cl)cc1)c1ccccc1. The van der Waals surface area contributed by atoms with Gasteiger partial charge in [-0.3, -0.25) is 4.79 Å². The van der Waals surface area contributed by atoms with Crippen molar-refractivity contribution >= 4 is 34.8 Å². The third kappa shape index (κ3) is 3.72. The number of halogens is 2. The number of amides is 1.